The molecular formula is C13H19N7O2S. The van der Waals surface area contributed by atoms with Crippen LogP contribution in [0.2, 0.25) is 0 Å². The Bertz CT molecular complexity index is 645. The highest BCUT2D eigenvalue weighted by Gasteiger charge is 2.26. The van der Waals surface area contributed by atoms with E-state index in [0.717, 1.165) is 5.69 Å². The number of amides is 1. The van der Waals surface area contributed by atoms with Crippen molar-refractivity contribution in [2.45, 2.75) is 12.6 Å². The van der Waals surface area contributed by atoms with Gasteiger partial charge < -0.3 is 15.3 Å². The van der Waals surface area contributed by atoms with Crippen LogP contribution in [-0.4, -0.2) is 80.5 Å². The molecule has 0 bridgehead atoms. The monoisotopic (exact) mass is 337 g/mol. The second-order valence-corrected chi connectivity index (χ2v) is 6.25. The lowest BCUT2D eigenvalue weighted by atomic mass is 10.3. The zero-order valence-corrected chi connectivity index (χ0v) is 13.6. The smallest absolute Gasteiger partial charge is 0.273 e. The first kappa shape index (κ1) is 15.8. The van der Waals surface area contributed by atoms with Gasteiger partial charge in [-0.05, 0) is 0 Å². The van der Waals surface area contributed by atoms with Gasteiger partial charge in [0.2, 0.25) is 0 Å². The summed E-state index contributed by atoms with van der Waals surface area (Å²) in [7, 11) is 1.77. The average molecular weight is 337 g/mol. The molecule has 2 aromatic heterocycles. The van der Waals surface area contributed by atoms with Crippen molar-refractivity contribution in [3.63, 3.8) is 0 Å². The molecule has 1 atom stereocenters. The summed E-state index contributed by atoms with van der Waals surface area (Å²) >= 11 is 1.39. The molecule has 124 valence electrons. The van der Waals surface area contributed by atoms with Crippen molar-refractivity contribution in [2.24, 2.45) is 0 Å². The van der Waals surface area contributed by atoms with Crippen molar-refractivity contribution >= 4 is 22.4 Å². The quantitative estimate of drug-likeness (QED) is 0.697. The van der Waals surface area contributed by atoms with Crippen molar-refractivity contribution in [3.8, 4) is 0 Å². The number of aromatic amines is 1. The van der Waals surface area contributed by atoms with E-state index in [1.807, 2.05) is 0 Å². The maximum atomic E-state index is 12.5. The van der Waals surface area contributed by atoms with Gasteiger partial charge in [-0.1, -0.05) is 0 Å². The molecule has 10 heteroatoms. The van der Waals surface area contributed by atoms with Crippen LogP contribution in [0.5, 0.6) is 0 Å². The fraction of sp³-hybridized carbons (Fsp3) is 0.538. The van der Waals surface area contributed by atoms with Crippen LogP contribution >= 0.6 is 11.3 Å². The standard InChI is InChI=1S/C13H19N7O2S/c1-14-13-16-11(8-23-13)12(22)20-3-2-19(6-10(21)7-20)5-9-4-15-18-17-9/h4,8,10,21H,2-3,5-7H2,1H3,(H,14,16)(H,15,17,18). The van der Waals surface area contributed by atoms with E-state index in [2.05, 4.69) is 30.6 Å². The lowest BCUT2D eigenvalue weighted by Gasteiger charge is -2.20. The molecule has 3 heterocycles. The number of thiazole rings is 1. The number of anilines is 1. The zero-order valence-electron chi connectivity index (χ0n) is 12.8. The summed E-state index contributed by atoms with van der Waals surface area (Å²) in [5, 5.41) is 25.9. The molecule has 1 fully saturated rings. The number of hydrogen-bond acceptors (Lipinski definition) is 8. The molecule has 0 spiro atoms. The number of carbonyl (C=O) groups is 1. The molecule has 23 heavy (non-hydrogen) atoms. The number of nitrogens with one attached hydrogen (secondary N) is 2. The number of aromatic nitrogens is 4. The first-order valence-electron chi connectivity index (χ1n) is 7.33. The second-order valence-electron chi connectivity index (χ2n) is 5.39. The Kier molecular flexibility index (Phi) is 4.84. The van der Waals surface area contributed by atoms with Crippen LogP contribution in [-0.2, 0) is 6.54 Å². The van der Waals surface area contributed by atoms with E-state index in [0.29, 0.717) is 43.5 Å². The highest BCUT2D eigenvalue weighted by molar-refractivity contribution is 7.13. The minimum absolute atomic E-state index is 0.148. The summed E-state index contributed by atoms with van der Waals surface area (Å²) in [6, 6.07) is 0. The Morgan fingerprint density at radius 1 is 1.52 bits per heavy atom. The van der Waals surface area contributed by atoms with Crippen molar-refractivity contribution < 1.29 is 9.90 Å². The Labute approximate surface area is 137 Å². The second kappa shape index (κ2) is 7.02. The van der Waals surface area contributed by atoms with Gasteiger partial charge >= 0.3 is 0 Å². The molecular weight excluding hydrogens is 318 g/mol. The van der Waals surface area contributed by atoms with Crippen LogP contribution in [0.25, 0.3) is 0 Å². The maximum Gasteiger partial charge on any atom is 0.273 e. The van der Waals surface area contributed by atoms with E-state index in [1.54, 1.807) is 23.5 Å². The molecule has 1 amide bonds. The molecule has 3 N–H and O–H groups in total. The summed E-state index contributed by atoms with van der Waals surface area (Å²) in [5.74, 6) is -0.148. The number of carbonyl (C=O) groups excluding carboxylic acids is 1. The predicted octanol–water partition coefficient (Wildman–Crippen LogP) is -0.378. The number of hydrogen-bond donors (Lipinski definition) is 3. The summed E-state index contributed by atoms with van der Waals surface area (Å²) < 4.78 is 0. The minimum Gasteiger partial charge on any atom is -0.390 e. The number of rotatable bonds is 4. The first-order chi connectivity index (χ1) is 11.2. The number of nitrogens with zero attached hydrogens (tertiary/aromatic N) is 5. The minimum atomic E-state index is -0.601. The van der Waals surface area contributed by atoms with Crippen molar-refractivity contribution in [3.05, 3.63) is 23.0 Å². The van der Waals surface area contributed by atoms with Gasteiger partial charge in [-0.25, -0.2) is 4.98 Å². The molecule has 0 radical (unpaired) electrons. The van der Waals surface area contributed by atoms with Crippen LogP contribution in [0.3, 0.4) is 0 Å². The van der Waals surface area contributed by atoms with E-state index in [4.69, 9.17) is 0 Å². The van der Waals surface area contributed by atoms with Gasteiger partial charge in [0.1, 0.15) is 5.69 Å². The van der Waals surface area contributed by atoms with E-state index >= 15 is 0 Å². The molecule has 3 rings (SSSR count). The number of aliphatic hydroxyl groups is 1. The molecule has 2 aromatic rings. The van der Waals surface area contributed by atoms with Gasteiger partial charge in [0, 0.05) is 45.2 Å². The zero-order chi connectivity index (χ0) is 16.2. The Morgan fingerprint density at radius 2 is 2.39 bits per heavy atom. The van der Waals surface area contributed by atoms with Crippen LogP contribution in [0.4, 0.5) is 5.13 Å². The van der Waals surface area contributed by atoms with Crippen molar-refractivity contribution in [2.75, 3.05) is 38.5 Å². The van der Waals surface area contributed by atoms with Crippen LogP contribution < -0.4 is 5.32 Å². The molecule has 0 aliphatic carbocycles. The highest BCUT2D eigenvalue weighted by atomic mass is 32.1. The molecule has 1 saturated heterocycles. The lowest BCUT2D eigenvalue weighted by molar-refractivity contribution is 0.0658. The maximum absolute atomic E-state index is 12.5. The number of H-pyrrole nitrogens is 1. The van der Waals surface area contributed by atoms with Gasteiger partial charge in [-0.15, -0.1) is 11.3 Å². The third-order valence-corrected chi connectivity index (χ3v) is 4.52. The fourth-order valence-electron chi connectivity index (χ4n) is 2.56. The summed E-state index contributed by atoms with van der Waals surface area (Å²) in [4.78, 5) is 20.5. The van der Waals surface area contributed by atoms with Gasteiger partial charge in [-0.2, -0.15) is 15.4 Å². The van der Waals surface area contributed by atoms with E-state index in [9.17, 15) is 9.90 Å². The Morgan fingerprint density at radius 3 is 3.09 bits per heavy atom. The molecule has 1 aliphatic heterocycles. The summed E-state index contributed by atoms with van der Waals surface area (Å²) in [6.45, 7) is 2.60. The average Bonchev–Trinajstić information content (AvgIpc) is 3.18. The molecule has 0 aromatic carbocycles. The number of aliphatic hydroxyl groups excluding tert-OH is 1. The predicted molar refractivity (Wildman–Crippen MR) is 85.2 cm³/mol. The third-order valence-electron chi connectivity index (χ3n) is 3.66. The Balaban J connectivity index is 1.64. The van der Waals surface area contributed by atoms with Crippen molar-refractivity contribution in [1.82, 2.24) is 30.2 Å². The van der Waals surface area contributed by atoms with Crippen molar-refractivity contribution in [1.29, 1.82) is 0 Å². The first-order valence-corrected chi connectivity index (χ1v) is 8.21. The third kappa shape index (κ3) is 3.84. The van der Waals surface area contributed by atoms with Gasteiger partial charge in [0.25, 0.3) is 5.91 Å². The largest absolute Gasteiger partial charge is 0.390 e. The van der Waals surface area contributed by atoms with Crippen LogP contribution in [0.15, 0.2) is 11.6 Å². The lowest BCUT2D eigenvalue weighted by Crippen LogP contribution is -2.37. The molecule has 1 aliphatic rings. The topological polar surface area (TPSA) is 110 Å². The number of β-amino-alcohol motifs (C(OH)–C–C–N with tert-alkyl or cyclic N) is 1. The van der Waals surface area contributed by atoms with E-state index < -0.39 is 6.10 Å². The van der Waals surface area contributed by atoms with Gasteiger partial charge in [-0.3, -0.25) is 9.69 Å². The normalized spacial score (nSPS) is 19.6. The van der Waals surface area contributed by atoms with Gasteiger partial charge in [0.15, 0.2) is 5.13 Å². The van der Waals surface area contributed by atoms with E-state index in [1.165, 1.54) is 11.3 Å². The summed E-state index contributed by atoms with van der Waals surface area (Å²) in [5.41, 5.74) is 1.23. The van der Waals surface area contributed by atoms with E-state index in [-0.39, 0.29) is 5.91 Å². The fourth-order valence-corrected chi connectivity index (χ4v) is 3.21. The van der Waals surface area contributed by atoms with Gasteiger partial charge in [0.05, 0.1) is 18.0 Å². The van der Waals surface area contributed by atoms with Crippen LogP contribution in [0.1, 0.15) is 16.2 Å². The van der Waals surface area contributed by atoms with Crippen LogP contribution in [0, 0.1) is 0 Å². The molecule has 0 saturated carbocycles. The SMILES string of the molecule is CNc1nc(C(=O)N2CCN(Cc3cn[nH]n3)CC(O)C2)cs1. The highest BCUT2D eigenvalue weighted by Crippen LogP contribution is 2.17. The molecule has 1 unspecified atom stereocenters. The summed E-state index contributed by atoms with van der Waals surface area (Å²) in [6.07, 6.45) is 1.06. The molecule has 9 nitrogen and oxygen atoms in total. The Hall–Kier alpha value is -2.04.